The Balaban J connectivity index is 2.10. The van der Waals surface area contributed by atoms with Crippen molar-refractivity contribution < 1.29 is 9.47 Å². The first-order valence-corrected chi connectivity index (χ1v) is 7.68. The van der Waals surface area contributed by atoms with Crippen molar-refractivity contribution in [2.45, 2.75) is 31.2 Å². The van der Waals surface area contributed by atoms with Gasteiger partial charge in [-0.15, -0.1) is 0 Å². The second-order valence-corrected chi connectivity index (χ2v) is 6.23. The molecule has 1 heterocycles. The van der Waals surface area contributed by atoms with Gasteiger partial charge in [0.05, 0.1) is 19.8 Å². The van der Waals surface area contributed by atoms with Crippen LogP contribution in [0.3, 0.4) is 0 Å². The lowest BCUT2D eigenvalue weighted by atomic mass is 9.83. The third-order valence-corrected chi connectivity index (χ3v) is 5.18. The van der Waals surface area contributed by atoms with Crippen molar-refractivity contribution in [3.8, 4) is 11.5 Å². The van der Waals surface area contributed by atoms with E-state index in [0.717, 1.165) is 28.4 Å². The van der Waals surface area contributed by atoms with Gasteiger partial charge in [0, 0.05) is 5.56 Å². The number of methoxy groups -OCH3 is 2. The molecule has 3 nitrogen and oxygen atoms in total. The van der Waals surface area contributed by atoms with E-state index in [9.17, 15) is 0 Å². The minimum atomic E-state index is 0.111. The molecule has 104 valence electrons. The van der Waals surface area contributed by atoms with E-state index in [4.69, 9.17) is 9.47 Å². The number of rotatable bonds is 4. The van der Waals surface area contributed by atoms with E-state index >= 15 is 0 Å². The van der Waals surface area contributed by atoms with Gasteiger partial charge in [0.25, 0.3) is 0 Å². The maximum Gasteiger partial charge on any atom is 0.141 e. The van der Waals surface area contributed by atoms with Crippen LogP contribution in [-0.2, 0) is 5.54 Å². The van der Waals surface area contributed by atoms with Crippen molar-refractivity contribution in [3.63, 3.8) is 0 Å². The highest BCUT2D eigenvalue weighted by molar-refractivity contribution is 9.10. The second-order valence-electron chi connectivity index (χ2n) is 5.44. The van der Waals surface area contributed by atoms with Gasteiger partial charge >= 0.3 is 0 Å². The molecule has 0 bridgehead atoms. The Kier molecular flexibility index (Phi) is 3.48. The van der Waals surface area contributed by atoms with E-state index in [1.165, 1.54) is 31.2 Å². The molecule has 0 spiro atoms. The Bertz CT molecular complexity index is 479. The van der Waals surface area contributed by atoms with Crippen LogP contribution in [0.1, 0.15) is 31.2 Å². The molecule has 1 aliphatic carbocycles. The molecule has 2 aliphatic rings. The first-order valence-electron chi connectivity index (χ1n) is 6.89. The van der Waals surface area contributed by atoms with Gasteiger partial charge in [0.1, 0.15) is 16.0 Å². The van der Waals surface area contributed by atoms with E-state index < -0.39 is 0 Å². The molecular formula is C15H20BrNO2. The number of halogens is 1. The Morgan fingerprint density at radius 1 is 1.26 bits per heavy atom. The molecule has 1 aliphatic heterocycles. The van der Waals surface area contributed by atoms with Crippen LogP contribution in [0.15, 0.2) is 16.6 Å². The predicted molar refractivity (Wildman–Crippen MR) is 78.9 cm³/mol. The quantitative estimate of drug-likeness (QED) is 0.919. The molecule has 1 N–H and O–H groups in total. The summed E-state index contributed by atoms with van der Waals surface area (Å²) in [6, 6.07) is 4.20. The lowest BCUT2D eigenvalue weighted by molar-refractivity contribution is 0.310. The third-order valence-electron chi connectivity index (χ3n) is 4.43. The average molecular weight is 326 g/mol. The van der Waals surface area contributed by atoms with E-state index in [-0.39, 0.29) is 5.54 Å². The van der Waals surface area contributed by atoms with Crippen LogP contribution in [0.5, 0.6) is 11.5 Å². The summed E-state index contributed by atoms with van der Waals surface area (Å²) in [5.41, 5.74) is 1.39. The molecule has 0 radical (unpaired) electrons. The predicted octanol–water partition coefficient (Wildman–Crippen LogP) is 3.46. The van der Waals surface area contributed by atoms with Gasteiger partial charge < -0.3 is 14.8 Å². The van der Waals surface area contributed by atoms with Crippen molar-refractivity contribution in [3.05, 3.63) is 22.2 Å². The van der Waals surface area contributed by atoms with Gasteiger partial charge in [0.2, 0.25) is 0 Å². The SMILES string of the molecule is COc1ccc(C2(C3CC3)CCCN2)c(OC)c1Br. The van der Waals surface area contributed by atoms with Crippen molar-refractivity contribution >= 4 is 15.9 Å². The van der Waals surface area contributed by atoms with Gasteiger partial charge in [-0.2, -0.15) is 0 Å². The first-order chi connectivity index (χ1) is 9.23. The third kappa shape index (κ3) is 2.05. The molecule has 1 aromatic rings. The zero-order valence-corrected chi connectivity index (χ0v) is 13.0. The summed E-state index contributed by atoms with van der Waals surface area (Å²) in [6.45, 7) is 1.10. The molecule has 2 fully saturated rings. The lowest BCUT2D eigenvalue weighted by Gasteiger charge is -2.32. The fourth-order valence-corrected chi connectivity index (χ4v) is 4.06. The van der Waals surface area contributed by atoms with E-state index in [2.05, 4.69) is 27.3 Å². The molecule has 0 amide bonds. The molecule has 0 aromatic heterocycles. The molecule has 3 rings (SSSR count). The van der Waals surface area contributed by atoms with E-state index in [1.54, 1.807) is 14.2 Å². The van der Waals surface area contributed by atoms with Crippen LogP contribution >= 0.6 is 15.9 Å². The fourth-order valence-electron chi connectivity index (χ4n) is 3.39. The Labute approximate surface area is 122 Å². The van der Waals surface area contributed by atoms with Gasteiger partial charge in [-0.3, -0.25) is 0 Å². The number of nitrogens with one attached hydrogen (secondary N) is 1. The second kappa shape index (κ2) is 4.98. The summed E-state index contributed by atoms with van der Waals surface area (Å²) in [7, 11) is 3.42. The van der Waals surface area contributed by atoms with Gasteiger partial charge in [0.15, 0.2) is 0 Å². The van der Waals surface area contributed by atoms with Gasteiger partial charge in [-0.05, 0) is 66.2 Å². The Morgan fingerprint density at radius 2 is 2.05 bits per heavy atom. The summed E-state index contributed by atoms with van der Waals surface area (Å²) in [5.74, 6) is 2.49. The summed E-state index contributed by atoms with van der Waals surface area (Å²) in [5, 5.41) is 3.75. The molecule has 1 aromatic carbocycles. The zero-order chi connectivity index (χ0) is 13.5. The highest BCUT2D eigenvalue weighted by Gasteiger charge is 2.49. The van der Waals surface area contributed by atoms with Crippen LogP contribution in [0, 0.1) is 5.92 Å². The lowest BCUT2D eigenvalue weighted by Crippen LogP contribution is -2.39. The largest absolute Gasteiger partial charge is 0.495 e. The summed E-state index contributed by atoms with van der Waals surface area (Å²) >= 11 is 3.62. The standard InChI is InChI=1S/C15H20BrNO2/c1-18-12-7-6-11(14(19-2)13(12)16)15(10-4-5-10)8-3-9-17-15/h6-7,10,17H,3-5,8-9H2,1-2H3. The monoisotopic (exact) mass is 325 g/mol. The molecule has 1 saturated carbocycles. The highest BCUT2D eigenvalue weighted by atomic mass is 79.9. The van der Waals surface area contributed by atoms with Gasteiger partial charge in [-0.25, -0.2) is 0 Å². The summed E-state index contributed by atoms with van der Waals surface area (Å²) < 4.78 is 12.0. The van der Waals surface area contributed by atoms with Crippen LogP contribution in [0.2, 0.25) is 0 Å². The van der Waals surface area contributed by atoms with E-state index in [0.29, 0.717) is 0 Å². The Morgan fingerprint density at radius 3 is 2.58 bits per heavy atom. The number of hydrogen-bond donors (Lipinski definition) is 1. The summed E-state index contributed by atoms with van der Waals surface area (Å²) in [6.07, 6.45) is 5.08. The maximum absolute atomic E-state index is 5.67. The molecule has 19 heavy (non-hydrogen) atoms. The molecule has 1 unspecified atom stereocenters. The van der Waals surface area contributed by atoms with Crippen LogP contribution in [0.4, 0.5) is 0 Å². The van der Waals surface area contributed by atoms with Crippen molar-refractivity contribution in [1.82, 2.24) is 5.32 Å². The highest BCUT2D eigenvalue weighted by Crippen LogP contribution is 2.54. The number of ether oxygens (including phenoxy) is 2. The molecule has 1 saturated heterocycles. The minimum Gasteiger partial charge on any atom is -0.495 e. The number of hydrogen-bond acceptors (Lipinski definition) is 3. The zero-order valence-electron chi connectivity index (χ0n) is 11.5. The number of benzene rings is 1. The van der Waals surface area contributed by atoms with Crippen molar-refractivity contribution in [2.75, 3.05) is 20.8 Å². The van der Waals surface area contributed by atoms with Crippen molar-refractivity contribution in [2.24, 2.45) is 5.92 Å². The normalized spacial score (nSPS) is 26.5. The molecule has 4 heteroatoms. The summed E-state index contributed by atoms with van der Waals surface area (Å²) in [4.78, 5) is 0. The minimum absolute atomic E-state index is 0.111. The van der Waals surface area contributed by atoms with Crippen molar-refractivity contribution in [1.29, 1.82) is 0 Å². The fraction of sp³-hybridized carbons (Fsp3) is 0.600. The average Bonchev–Trinajstić information content (AvgIpc) is 3.17. The van der Waals surface area contributed by atoms with Crippen LogP contribution < -0.4 is 14.8 Å². The molecular weight excluding hydrogens is 306 g/mol. The van der Waals surface area contributed by atoms with Crippen LogP contribution in [-0.4, -0.2) is 20.8 Å². The smallest absolute Gasteiger partial charge is 0.141 e. The van der Waals surface area contributed by atoms with Crippen LogP contribution in [0.25, 0.3) is 0 Å². The first kappa shape index (κ1) is 13.3. The van der Waals surface area contributed by atoms with Gasteiger partial charge in [-0.1, -0.05) is 0 Å². The molecule has 1 atom stereocenters. The topological polar surface area (TPSA) is 30.5 Å². The Hall–Kier alpha value is -0.740. The maximum atomic E-state index is 5.67. The van der Waals surface area contributed by atoms with E-state index in [1.807, 2.05) is 6.07 Å².